The van der Waals surface area contributed by atoms with Crippen molar-refractivity contribution in [2.75, 3.05) is 0 Å². The minimum absolute atomic E-state index is 0.394. The Morgan fingerprint density at radius 2 is 1.89 bits per heavy atom. The Hall–Kier alpha value is -2.38. The summed E-state index contributed by atoms with van der Waals surface area (Å²) in [5, 5.41) is 17.9. The number of aliphatic hydroxyl groups excluding tert-OH is 1. The van der Waals surface area contributed by atoms with Gasteiger partial charge >= 0.3 is 0 Å². The molecule has 0 radical (unpaired) electrons. The lowest BCUT2D eigenvalue weighted by molar-refractivity contribution is 0.194. The maximum absolute atomic E-state index is 9.36. The lowest BCUT2D eigenvalue weighted by atomic mass is 10.2. The second-order valence-electron chi connectivity index (χ2n) is 4.18. The normalized spacial score (nSPS) is 11.6. The summed E-state index contributed by atoms with van der Waals surface area (Å²) in [7, 11) is 0. The van der Waals surface area contributed by atoms with Crippen LogP contribution < -0.4 is 4.74 Å². The molecule has 4 heteroatoms. The van der Waals surface area contributed by atoms with E-state index >= 15 is 0 Å². The van der Waals surface area contributed by atoms with Gasteiger partial charge in [0.05, 0.1) is 30.5 Å². The van der Waals surface area contributed by atoms with Crippen LogP contribution >= 0.6 is 0 Å². The number of nitrogens with zero attached hydrogens (tertiary/aromatic N) is 2. The fourth-order valence-electron chi connectivity index (χ4n) is 1.60. The zero-order valence-corrected chi connectivity index (χ0v) is 10.6. The molecule has 19 heavy (non-hydrogen) atoms. The minimum atomic E-state index is -0.584. The van der Waals surface area contributed by atoms with E-state index in [-0.39, 0.29) is 0 Å². The first-order chi connectivity index (χ1) is 9.19. The van der Waals surface area contributed by atoms with Gasteiger partial charge in [0.2, 0.25) is 0 Å². The third-order valence-electron chi connectivity index (χ3n) is 2.63. The summed E-state index contributed by atoms with van der Waals surface area (Å²) in [6.07, 6.45) is 1.38. The number of nitriles is 1. The van der Waals surface area contributed by atoms with Crippen molar-refractivity contribution >= 4 is 0 Å². The standard InChI is InChI=1S/C15H14N2O2/c1-11(18)15-7-6-14(10-17-15)19-13-4-2-12(3-5-13)8-9-16/h2-7,10-11,18H,8H2,1H3. The molecule has 1 aromatic heterocycles. The van der Waals surface area contributed by atoms with Gasteiger partial charge in [-0.25, -0.2) is 0 Å². The van der Waals surface area contributed by atoms with Crippen molar-refractivity contribution in [1.82, 2.24) is 4.98 Å². The van der Waals surface area contributed by atoms with Gasteiger partial charge in [-0.2, -0.15) is 5.26 Å². The molecule has 1 heterocycles. The Morgan fingerprint density at radius 1 is 1.21 bits per heavy atom. The molecule has 0 spiro atoms. The Kier molecular flexibility index (Phi) is 4.11. The number of ether oxygens (including phenoxy) is 1. The molecule has 0 saturated carbocycles. The molecule has 0 amide bonds. The molecule has 1 unspecified atom stereocenters. The molecule has 2 rings (SSSR count). The number of benzene rings is 1. The van der Waals surface area contributed by atoms with Crippen LogP contribution in [0.4, 0.5) is 0 Å². The van der Waals surface area contributed by atoms with E-state index in [0.29, 0.717) is 23.6 Å². The van der Waals surface area contributed by atoms with Crippen LogP contribution in [0.25, 0.3) is 0 Å². The van der Waals surface area contributed by atoms with Gasteiger partial charge in [-0.05, 0) is 36.8 Å². The molecule has 1 atom stereocenters. The summed E-state index contributed by atoms with van der Waals surface area (Å²) in [6, 6.07) is 12.9. The number of pyridine rings is 1. The van der Waals surface area contributed by atoms with E-state index in [1.54, 1.807) is 25.3 Å². The van der Waals surface area contributed by atoms with Crippen molar-refractivity contribution in [2.24, 2.45) is 0 Å². The van der Waals surface area contributed by atoms with E-state index in [9.17, 15) is 5.11 Å². The van der Waals surface area contributed by atoms with E-state index < -0.39 is 6.10 Å². The van der Waals surface area contributed by atoms with Crippen LogP contribution in [-0.4, -0.2) is 10.1 Å². The van der Waals surface area contributed by atoms with Gasteiger partial charge in [0.1, 0.15) is 11.5 Å². The molecule has 1 aromatic carbocycles. The molecular weight excluding hydrogens is 240 g/mol. The summed E-state index contributed by atoms with van der Waals surface area (Å²) in [4.78, 5) is 4.10. The summed E-state index contributed by atoms with van der Waals surface area (Å²) in [5.74, 6) is 1.30. The minimum Gasteiger partial charge on any atom is -0.456 e. The summed E-state index contributed by atoms with van der Waals surface area (Å²) in [5.41, 5.74) is 1.56. The van der Waals surface area contributed by atoms with E-state index in [0.717, 1.165) is 5.56 Å². The second kappa shape index (κ2) is 5.98. The average molecular weight is 254 g/mol. The van der Waals surface area contributed by atoms with E-state index in [4.69, 9.17) is 10.00 Å². The predicted molar refractivity (Wildman–Crippen MR) is 70.7 cm³/mol. The van der Waals surface area contributed by atoms with Crippen LogP contribution in [0.15, 0.2) is 42.6 Å². The zero-order valence-electron chi connectivity index (χ0n) is 10.6. The van der Waals surface area contributed by atoms with Gasteiger partial charge in [0, 0.05) is 0 Å². The van der Waals surface area contributed by atoms with Gasteiger partial charge < -0.3 is 9.84 Å². The van der Waals surface area contributed by atoms with Gasteiger partial charge in [-0.15, -0.1) is 0 Å². The van der Waals surface area contributed by atoms with Crippen LogP contribution in [0.5, 0.6) is 11.5 Å². The van der Waals surface area contributed by atoms with Crippen molar-refractivity contribution in [3.8, 4) is 17.6 Å². The van der Waals surface area contributed by atoms with Gasteiger partial charge in [0.15, 0.2) is 0 Å². The molecule has 0 aliphatic rings. The molecule has 1 N–H and O–H groups in total. The topological polar surface area (TPSA) is 66.1 Å². The summed E-state index contributed by atoms with van der Waals surface area (Å²) < 4.78 is 5.62. The Bertz CT molecular complexity index is 569. The molecule has 0 bridgehead atoms. The molecule has 0 saturated heterocycles. The highest BCUT2D eigenvalue weighted by Crippen LogP contribution is 2.22. The van der Waals surface area contributed by atoms with E-state index in [2.05, 4.69) is 11.1 Å². The number of hydrogen-bond donors (Lipinski definition) is 1. The molecule has 96 valence electrons. The van der Waals surface area contributed by atoms with E-state index in [1.807, 2.05) is 24.3 Å². The predicted octanol–water partition coefficient (Wildman–Crippen LogP) is 2.99. The van der Waals surface area contributed by atoms with Crippen molar-refractivity contribution in [3.63, 3.8) is 0 Å². The largest absolute Gasteiger partial charge is 0.456 e. The number of aliphatic hydroxyl groups is 1. The second-order valence-corrected chi connectivity index (χ2v) is 4.18. The lowest BCUT2D eigenvalue weighted by Crippen LogP contribution is -1.95. The Morgan fingerprint density at radius 3 is 2.42 bits per heavy atom. The lowest BCUT2D eigenvalue weighted by Gasteiger charge is -2.07. The van der Waals surface area contributed by atoms with Crippen molar-refractivity contribution in [3.05, 3.63) is 53.9 Å². The number of hydrogen-bond acceptors (Lipinski definition) is 4. The maximum atomic E-state index is 9.36. The summed E-state index contributed by atoms with van der Waals surface area (Å²) in [6.45, 7) is 1.66. The average Bonchev–Trinajstić information content (AvgIpc) is 2.42. The van der Waals surface area contributed by atoms with Crippen LogP contribution in [-0.2, 0) is 6.42 Å². The third kappa shape index (κ3) is 3.54. The van der Waals surface area contributed by atoms with Crippen molar-refractivity contribution in [1.29, 1.82) is 5.26 Å². The highest BCUT2D eigenvalue weighted by molar-refractivity contribution is 5.33. The highest BCUT2D eigenvalue weighted by Gasteiger charge is 2.03. The fraction of sp³-hybridized carbons (Fsp3) is 0.200. The van der Waals surface area contributed by atoms with Gasteiger partial charge in [-0.3, -0.25) is 4.98 Å². The fourth-order valence-corrected chi connectivity index (χ4v) is 1.60. The molecule has 0 fully saturated rings. The first-order valence-electron chi connectivity index (χ1n) is 5.97. The van der Waals surface area contributed by atoms with Crippen LogP contribution in [0.1, 0.15) is 24.3 Å². The van der Waals surface area contributed by atoms with E-state index in [1.165, 1.54) is 0 Å². The molecule has 4 nitrogen and oxygen atoms in total. The van der Waals surface area contributed by atoms with Gasteiger partial charge in [-0.1, -0.05) is 12.1 Å². The monoisotopic (exact) mass is 254 g/mol. The first kappa shape index (κ1) is 13.1. The molecule has 0 aliphatic heterocycles. The number of aromatic nitrogens is 1. The van der Waals surface area contributed by atoms with Gasteiger partial charge in [0.25, 0.3) is 0 Å². The van der Waals surface area contributed by atoms with Crippen LogP contribution in [0.3, 0.4) is 0 Å². The zero-order chi connectivity index (χ0) is 13.7. The molecular formula is C15H14N2O2. The Balaban J connectivity index is 2.06. The summed E-state index contributed by atoms with van der Waals surface area (Å²) >= 11 is 0. The van der Waals surface area contributed by atoms with Crippen molar-refractivity contribution < 1.29 is 9.84 Å². The third-order valence-corrected chi connectivity index (χ3v) is 2.63. The molecule has 2 aromatic rings. The van der Waals surface area contributed by atoms with Crippen LogP contribution in [0, 0.1) is 11.3 Å². The smallest absolute Gasteiger partial charge is 0.145 e. The SMILES string of the molecule is CC(O)c1ccc(Oc2ccc(CC#N)cc2)cn1. The van der Waals surface area contributed by atoms with Crippen LogP contribution in [0.2, 0.25) is 0 Å². The Labute approximate surface area is 111 Å². The maximum Gasteiger partial charge on any atom is 0.145 e. The first-order valence-corrected chi connectivity index (χ1v) is 5.97. The van der Waals surface area contributed by atoms with Crippen molar-refractivity contribution in [2.45, 2.75) is 19.4 Å². The highest BCUT2D eigenvalue weighted by atomic mass is 16.5. The number of rotatable bonds is 4. The molecule has 0 aliphatic carbocycles. The quantitative estimate of drug-likeness (QED) is 0.910.